The molecular formula is C44H36Cl4P2. The van der Waals surface area contributed by atoms with Gasteiger partial charge in [0.2, 0.25) is 0 Å². The minimum atomic E-state index is -0.937. The van der Waals surface area contributed by atoms with Crippen LogP contribution in [0.4, 0.5) is 0 Å². The molecule has 0 N–H and O–H groups in total. The van der Waals surface area contributed by atoms with Gasteiger partial charge in [-0.1, -0.05) is 119 Å². The molecule has 0 aromatic heterocycles. The average Bonchev–Trinajstić information content (AvgIpc) is 3.15. The summed E-state index contributed by atoms with van der Waals surface area (Å²) >= 11 is 26.0. The SMILES string of the molecule is Clc1ccc(P(c2ccc(Cl)cc2)c2ccc3c(c2-c2c(P(c4ccc(Cl)cc4)c4ccc(Cl)cc4)ccc4c2CCCC4)CCCC3)cc1. The van der Waals surface area contributed by atoms with Gasteiger partial charge < -0.3 is 0 Å². The minimum absolute atomic E-state index is 0.751. The van der Waals surface area contributed by atoms with Gasteiger partial charge >= 0.3 is 0 Å². The summed E-state index contributed by atoms with van der Waals surface area (Å²) in [6.45, 7) is 0. The number of aryl methyl sites for hydroxylation is 2. The van der Waals surface area contributed by atoms with Crippen molar-refractivity contribution in [3.63, 3.8) is 0 Å². The molecule has 8 rings (SSSR count). The van der Waals surface area contributed by atoms with E-state index in [4.69, 9.17) is 46.4 Å². The van der Waals surface area contributed by atoms with Gasteiger partial charge in [0.15, 0.2) is 0 Å². The van der Waals surface area contributed by atoms with Crippen molar-refractivity contribution in [1.29, 1.82) is 0 Å². The first-order chi connectivity index (χ1) is 24.4. The zero-order valence-electron chi connectivity index (χ0n) is 27.6. The standard InChI is InChI=1S/C44H36Cl4P2/c45-31-11-19-35(20-12-31)49(36-21-13-32(46)14-22-36)41-27-9-29-5-1-3-7-39(29)43(41)44-40-8-4-2-6-30(40)10-28-42(44)50(37-23-15-33(47)16-24-37)38-25-17-34(48)18-26-38/h9-28H,1-8H2. The maximum absolute atomic E-state index is 6.50. The van der Waals surface area contributed by atoms with Gasteiger partial charge in [-0.25, -0.2) is 0 Å². The van der Waals surface area contributed by atoms with Crippen LogP contribution in [0.5, 0.6) is 0 Å². The maximum Gasteiger partial charge on any atom is 0.0406 e. The quantitative estimate of drug-likeness (QED) is 0.142. The summed E-state index contributed by atoms with van der Waals surface area (Å²) in [5.41, 5.74) is 8.99. The molecule has 250 valence electrons. The van der Waals surface area contributed by atoms with Crippen LogP contribution in [0.25, 0.3) is 11.1 Å². The van der Waals surface area contributed by atoms with Crippen molar-refractivity contribution in [2.45, 2.75) is 51.4 Å². The Hall–Kier alpha value is -2.66. The first-order valence-electron chi connectivity index (χ1n) is 17.4. The van der Waals surface area contributed by atoms with Crippen molar-refractivity contribution in [3.8, 4) is 11.1 Å². The first-order valence-corrected chi connectivity index (χ1v) is 21.6. The van der Waals surface area contributed by atoms with E-state index >= 15 is 0 Å². The van der Waals surface area contributed by atoms with Crippen LogP contribution < -0.4 is 31.8 Å². The summed E-state index contributed by atoms with van der Waals surface area (Å²) in [5, 5.41) is 11.0. The molecule has 0 nitrogen and oxygen atoms in total. The Kier molecular flexibility index (Phi) is 10.4. The maximum atomic E-state index is 6.50. The third-order valence-corrected chi connectivity index (χ3v) is 16.1. The van der Waals surface area contributed by atoms with Gasteiger partial charge in [0.1, 0.15) is 0 Å². The zero-order chi connectivity index (χ0) is 34.2. The number of hydrogen-bond acceptors (Lipinski definition) is 0. The molecule has 0 amide bonds. The fourth-order valence-electron chi connectivity index (χ4n) is 7.78. The molecule has 2 aliphatic carbocycles. The molecule has 0 fully saturated rings. The topological polar surface area (TPSA) is 0 Å². The van der Waals surface area contributed by atoms with Crippen molar-refractivity contribution in [3.05, 3.63) is 164 Å². The van der Waals surface area contributed by atoms with E-state index in [1.165, 1.54) is 90.9 Å². The number of fused-ring (bicyclic) bond motifs is 2. The van der Waals surface area contributed by atoms with Gasteiger partial charge in [0.25, 0.3) is 0 Å². The lowest BCUT2D eigenvalue weighted by atomic mass is 9.81. The van der Waals surface area contributed by atoms with Crippen LogP contribution in [-0.4, -0.2) is 0 Å². The molecule has 0 bridgehead atoms. The second kappa shape index (κ2) is 15.1. The van der Waals surface area contributed by atoms with E-state index < -0.39 is 15.8 Å². The molecule has 0 atom stereocenters. The second-order valence-electron chi connectivity index (χ2n) is 13.2. The van der Waals surface area contributed by atoms with E-state index in [9.17, 15) is 0 Å². The normalized spacial score (nSPS) is 14.1. The molecule has 6 aromatic rings. The highest BCUT2D eigenvalue weighted by Gasteiger charge is 2.32. The van der Waals surface area contributed by atoms with E-state index in [-0.39, 0.29) is 0 Å². The molecule has 0 saturated heterocycles. The van der Waals surface area contributed by atoms with Crippen LogP contribution in [0.2, 0.25) is 20.1 Å². The summed E-state index contributed by atoms with van der Waals surface area (Å²) in [6, 6.07) is 43.9. The molecule has 0 saturated carbocycles. The van der Waals surface area contributed by atoms with E-state index in [2.05, 4.69) is 72.8 Å². The molecule has 0 spiro atoms. The Labute approximate surface area is 318 Å². The number of benzene rings is 6. The van der Waals surface area contributed by atoms with Crippen LogP contribution in [0.15, 0.2) is 121 Å². The fourth-order valence-corrected chi connectivity index (χ4v) is 13.2. The number of halogens is 4. The zero-order valence-corrected chi connectivity index (χ0v) is 32.4. The Bertz CT molecular complexity index is 1890. The van der Waals surface area contributed by atoms with Crippen molar-refractivity contribution in [2.75, 3.05) is 0 Å². The molecule has 0 aliphatic heterocycles. The highest BCUT2D eigenvalue weighted by atomic mass is 35.5. The highest BCUT2D eigenvalue weighted by molar-refractivity contribution is 7.80. The smallest absolute Gasteiger partial charge is 0.0406 e. The van der Waals surface area contributed by atoms with E-state index in [0.29, 0.717) is 0 Å². The summed E-state index contributed by atoms with van der Waals surface area (Å²) in [4.78, 5) is 0. The monoisotopic (exact) mass is 766 g/mol. The Balaban J connectivity index is 1.47. The van der Waals surface area contributed by atoms with E-state index in [1.54, 1.807) is 0 Å². The molecule has 0 unspecified atom stereocenters. The molecule has 6 aromatic carbocycles. The van der Waals surface area contributed by atoms with Crippen LogP contribution in [0.1, 0.15) is 47.9 Å². The van der Waals surface area contributed by atoms with Crippen LogP contribution >= 0.6 is 62.2 Å². The third-order valence-electron chi connectivity index (χ3n) is 10.1. The van der Waals surface area contributed by atoms with Gasteiger partial charge in [-0.05, 0) is 181 Å². The van der Waals surface area contributed by atoms with E-state index in [0.717, 1.165) is 45.8 Å². The van der Waals surface area contributed by atoms with E-state index in [1.807, 2.05) is 48.5 Å². The molecule has 0 heterocycles. The third kappa shape index (κ3) is 6.94. The van der Waals surface area contributed by atoms with Crippen LogP contribution in [0.3, 0.4) is 0 Å². The van der Waals surface area contributed by atoms with Crippen molar-refractivity contribution < 1.29 is 0 Å². The lowest BCUT2D eigenvalue weighted by Crippen LogP contribution is -2.29. The average molecular weight is 769 g/mol. The lowest BCUT2D eigenvalue weighted by molar-refractivity contribution is 0.682. The van der Waals surface area contributed by atoms with Gasteiger partial charge in [0, 0.05) is 20.1 Å². The van der Waals surface area contributed by atoms with Gasteiger partial charge in [0.05, 0.1) is 0 Å². The minimum Gasteiger partial charge on any atom is -0.0843 e. The van der Waals surface area contributed by atoms with Crippen molar-refractivity contribution >= 4 is 94.1 Å². The summed E-state index contributed by atoms with van der Waals surface area (Å²) in [5.74, 6) is 0. The molecule has 50 heavy (non-hydrogen) atoms. The number of rotatable bonds is 7. The number of hydrogen-bond donors (Lipinski definition) is 0. The Morgan fingerprint density at radius 1 is 0.320 bits per heavy atom. The largest absolute Gasteiger partial charge is 0.0843 e. The predicted molar refractivity (Wildman–Crippen MR) is 223 cm³/mol. The van der Waals surface area contributed by atoms with Crippen LogP contribution in [-0.2, 0) is 25.7 Å². The molecule has 6 heteroatoms. The van der Waals surface area contributed by atoms with Crippen molar-refractivity contribution in [1.82, 2.24) is 0 Å². The molecular weight excluding hydrogens is 732 g/mol. The second-order valence-corrected chi connectivity index (χ2v) is 19.3. The highest BCUT2D eigenvalue weighted by Crippen LogP contribution is 2.47. The lowest BCUT2D eigenvalue weighted by Gasteiger charge is -2.33. The summed E-state index contributed by atoms with van der Waals surface area (Å²) in [7, 11) is -1.87. The van der Waals surface area contributed by atoms with Crippen LogP contribution in [0, 0.1) is 0 Å². The fraction of sp³-hybridized carbons (Fsp3) is 0.182. The predicted octanol–water partition coefficient (Wildman–Crippen LogP) is 11.2. The van der Waals surface area contributed by atoms with Crippen molar-refractivity contribution in [2.24, 2.45) is 0 Å². The molecule has 2 aliphatic rings. The van der Waals surface area contributed by atoms with Gasteiger partial charge in [-0.15, -0.1) is 0 Å². The summed E-state index contributed by atoms with van der Waals surface area (Å²) < 4.78 is 0. The van der Waals surface area contributed by atoms with Gasteiger partial charge in [-0.2, -0.15) is 0 Å². The van der Waals surface area contributed by atoms with Gasteiger partial charge in [-0.3, -0.25) is 0 Å². The Morgan fingerprint density at radius 2 is 0.600 bits per heavy atom. The summed E-state index contributed by atoms with van der Waals surface area (Å²) in [6.07, 6.45) is 9.30. The first kappa shape index (κ1) is 34.4. The molecule has 0 radical (unpaired) electrons. The Morgan fingerprint density at radius 3 is 0.900 bits per heavy atom.